The summed E-state index contributed by atoms with van der Waals surface area (Å²) in [6.45, 7) is 2.36. The Balaban J connectivity index is 1.58. The molecular formula is C20H22N2O5S. The topological polar surface area (TPSA) is 89.8 Å². The van der Waals surface area contributed by atoms with Crippen molar-refractivity contribution in [2.75, 3.05) is 25.2 Å². The molecule has 0 bridgehead atoms. The van der Waals surface area contributed by atoms with Gasteiger partial charge < -0.3 is 4.74 Å². The Kier molecular flexibility index (Phi) is 6.18. The van der Waals surface area contributed by atoms with Gasteiger partial charge in [0.15, 0.2) is 0 Å². The summed E-state index contributed by atoms with van der Waals surface area (Å²) in [6, 6.07) is 6.76. The van der Waals surface area contributed by atoms with E-state index in [0.717, 1.165) is 5.75 Å². The van der Waals surface area contributed by atoms with Crippen LogP contribution in [-0.4, -0.2) is 46.8 Å². The second-order valence-corrected chi connectivity index (χ2v) is 7.72. The lowest BCUT2D eigenvalue weighted by molar-refractivity contribution is -0.434. The van der Waals surface area contributed by atoms with E-state index in [2.05, 4.69) is 0 Å². The van der Waals surface area contributed by atoms with Crippen molar-refractivity contribution in [2.24, 2.45) is 11.8 Å². The number of hydrogen-bond donors (Lipinski definition) is 0. The van der Waals surface area contributed by atoms with Crippen molar-refractivity contribution in [2.45, 2.75) is 13.3 Å². The number of nitrogens with zero attached hydrogens (tertiary/aromatic N) is 2. The van der Waals surface area contributed by atoms with Crippen LogP contribution in [0.3, 0.4) is 0 Å². The summed E-state index contributed by atoms with van der Waals surface area (Å²) in [4.78, 5) is 36.9. The number of fused-ring (bicyclic) bond motifs is 1. The van der Waals surface area contributed by atoms with Crippen LogP contribution in [0.5, 0.6) is 0 Å². The molecule has 0 spiro atoms. The van der Waals surface area contributed by atoms with E-state index < -0.39 is 0 Å². The zero-order valence-electron chi connectivity index (χ0n) is 15.8. The zero-order valence-corrected chi connectivity index (χ0v) is 16.6. The Morgan fingerprint density at radius 1 is 1.21 bits per heavy atom. The van der Waals surface area contributed by atoms with E-state index in [1.807, 2.05) is 19.3 Å². The summed E-state index contributed by atoms with van der Waals surface area (Å²) < 4.78 is 5.72. The van der Waals surface area contributed by atoms with Crippen LogP contribution in [-0.2, 0) is 4.74 Å². The van der Waals surface area contributed by atoms with Crippen LogP contribution < -0.4 is 0 Å². The maximum absolute atomic E-state index is 12.3. The number of imide groups is 1. The highest BCUT2D eigenvalue weighted by Crippen LogP contribution is 2.31. The number of amides is 2. The third-order valence-corrected chi connectivity index (χ3v) is 5.74. The fraction of sp³-hybridized carbons (Fsp3) is 0.400. The van der Waals surface area contributed by atoms with E-state index in [4.69, 9.17) is 4.74 Å². The second-order valence-electron chi connectivity index (χ2n) is 6.81. The van der Waals surface area contributed by atoms with Crippen molar-refractivity contribution in [1.82, 2.24) is 4.90 Å². The molecule has 3 rings (SSSR count). The number of allylic oxidation sites excluding steroid dienone is 3. The SMILES string of the molecule is CSCC1C=C(OCCCN2C(=O)c3ccccc3C2=O)C=C([N+](=O)[O-])C1C. The van der Waals surface area contributed by atoms with Crippen LogP contribution >= 0.6 is 11.8 Å². The minimum absolute atomic E-state index is 0.0339. The molecular weight excluding hydrogens is 380 g/mol. The van der Waals surface area contributed by atoms with Crippen molar-refractivity contribution in [3.05, 3.63) is 69.1 Å². The van der Waals surface area contributed by atoms with E-state index in [0.29, 0.717) is 23.3 Å². The summed E-state index contributed by atoms with van der Waals surface area (Å²) in [5.74, 6) is 0.531. The average molecular weight is 402 g/mol. The molecule has 1 aliphatic heterocycles. The van der Waals surface area contributed by atoms with Gasteiger partial charge in [0.25, 0.3) is 17.5 Å². The van der Waals surface area contributed by atoms with Crippen LogP contribution in [0, 0.1) is 22.0 Å². The minimum Gasteiger partial charge on any atom is -0.494 e. The molecule has 0 saturated carbocycles. The van der Waals surface area contributed by atoms with Crippen molar-refractivity contribution in [3.8, 4) is 0 Å². The Bertz CT molecular complexity index is 829. The third-order valence-electron chi connectivity index (χ3n) is 5.02. The number of hydrogen-bond acceptors (Lipinski definition) is 6. The lowest BCUT2D eigenvalue weighted by atomic mass is 9.88. The molecule has 2 atom stereocenters. The molecule has 0 radical (unpaired) electrons. The van der Waals surface area contributed by atoms with Gasteiger partial charge in [-0.05, 0) is 30.9 Å². The van der Waals surface area contributed by atoms with Gasteiger partial charge in [-0.2, -0.15) is 11.8 Å². The standard InChI is InChI=1S/C20H22N2O5S/c1-13-14(12-28-2)10-15(11-18(13)22(25)26)27-9-5-8-21-19(23)16-6-3-4-7-17(16)20(21)24/h3-4,6-7,10-11,13-14H,5,8-9,12H2,1-2H3. The van der Waals surface area contributed by atoms with E-state index in [1.54, 1.807) is 36.0 Å². The Hall–Kier alpha value is -2.61. The Morgan fingerprint density at radius 3 is 2.43 bits per heavy atom. The first-order valence-corrected chi connectivity index (χ1v) is 10.5. The van der Waals surface area contributed by atoms with Crippen LogP contribution in [0.2, 0.25) is 0 Å². The molecule has 2 aliphatic rings. The summed E-state index contributed by atoms with van der Waals surface area (Å²) in [7, 11) is 0. The van der Waals surface area contributed by atoms with E-state index in [-0.39, 0.29) is 47.4 Å². The van der Waals surface area contributed by atoms with Crippen molar-refractivity contribution < 1.29 is 19.2 Å². The number of benzene rings is 1. The molecule has 2 unspecified atom stereocenters. The van der Waals surface area contributed by atoms with Gasteiger partial charge in [-0.3, -0.25) is 24.6 Å². The molecule has 7 nitrogen and oxygen atoms in total. The zero-order chi connectivity index (χ0) is 20.3. The molecule has 8 heteroatoms. The predicted octanol–water partition coefficient (Wildman–Crippen LogP) is 3.36. The normalized spacial score (nSPS) is 21.3. The molecule has 1 heterocycles. The van der Waals surface area contributed by atoms with Gasteiger partial charge in [0, 0.05) is 18.2 Å². The van der Waals surface area contributed by atoms with Gasteiger partial charge in [-0.1, -0.05) is 19.1 Å². The van der Waals surface area contributed by atoms with Crippen LogP contribution in [0.15, 0.2) is 47.9 Å². The van der Waals surface area contributed by atoms with Crippen LogP contribution in [0.25, 0.3) is 0 Å². The van der Waals surface area contributed by atoms with Crippen LogP contribution in [0.4, 0.5) is 0 Å². The number of nitro groups is 1. The van der Waals surface area contributed by atoms with Gasteiger partial charge in [0.2, 0.25) is 0 Å². The van der Waals surface area contributed by atoms with Gasteiger partial charge in [-0.15, -0.1) is 0 Å². The van der Waals surface area contributed by atoms with Gasteiger partial charge >= 0.3 is 0 Å². The quantitative estimate of drug-likeness (QED) is 0.287. The van der Waals surface area contributed by atoms with Gasteiger partial charge in [0.1, 0.15) is 5.76 Å². The summed E-state index contributed by atoms with van der Waals surface area (Å²) >= 11 is 1.64. The molecule has 0 aromatic heterocycles. The number of carbonyl (C=O) groups is 2. The monoisotopic (exact) mass is 402 g/mol. The maximum atomic E-state index is 12.3. The lowest BCUT2D eigenvalue weighted by Gasteiger charge is -2.23. The van der Waals surface area contributed by atoms with Crippen molar-refractivity contribution >= 4 is 23.6 Å². The van der Waals surface area contributed by atoms with Crippen molar-refractivity contribution in [1.29, 1.82) is 0 Å². The predicted molar refractivity (Wildman–Crippen MR) is 107 cm³/mol. The van der Waals surface area contributed by atoms with Gasteiger partial charge in [0.05, 0.1) is 34.7 Å². The Morgan fingerprint density at radius 2 is 1.86 bits per heavy atom. The fourth-order valence-corrected chi connectivity index (χ4v) is 4.22. The molecule has 1 aromatic rings. The summed E-state index contributed by atoms with van der Waals surface area (Å²) in [5.41, 5.74) is 1.00. The summed E-state index contributed by atoms with van der Waals surface area (Å²) in [6.07, 6.45) is 5.82. The van der Waals surface area contributed by atoms with Crippen molar-refractivity contribution in [3.63, 3.8) is 0 Å². The number of ether oxygens (including phenoxy) is 1. The molecule has 0 saturated heterocycles. The maximum Gasteiger partial charge on any atom is 0.261 e. The van der Waals surface area contributed by atoms with E-state index in [9.17, 15) is 19.7 Å². The summed E-state index contributed by atoms with van der Waals surface area (Å²) in [5, 5.41) is 11.3. The number of rotatable bonds is 8. The fourth-order valence-electron chi connectivity index (χ4n) is 3.45. The first-order chi connectivity index (χ1) is 13.4. The highest BCUT2D eigenvalue weighted by Gasteiger charge is 2.35. The number of carbonyl (C=O) groups excluding carboxylic acids is 2. The van der Waals surface area contributed by atoms with Crippen LogP contribution in [0.1, 0.15) is 34.1 Å². The molecule has 1 aromatic carbocycles. The molecule has 28 heavy (non-hydrogen) atoms. The van der Waals surface area contributed by atoms with E-state index >= 15 is 0 Å². The highest BCUT2D eigenvalue weighted by atomic mass is 32.2. The molecule has 1 aliphatic carbocycles. The van der Waals surface area contributed by atoms with E-state index in [1.165, 1.54) is 11.0 Å². The first kappa shape index (κ1) is 20.1. The number of thioether (sulfide) groups is 1. The molecule has 148 valence electrons. The Labute approximate surface area is 167 Å². The third kappa shape index (κ3) is 3.96. The second kappa shape index (κ2) is 8.60. The average Bonchev–Trinajstić information content (AvgIpc) is 2.92. The molecule has 2 amide bonds. The largest absolute Gasteiger partial charge is 0.494 e. The van der Waals surface area contributed by atoms with Gasteiger partial charge in [-0.25, -0.2) is 0 Å². The highest BCUT2D eigenvalue weighted by molar-refractivity contribution is 7.98. The minimum atomic E-state index is -0.354. The molecule has 0 fully saturated rings. The molecule has 0 N–H and O–H groups in total. The lowest BCUT2D eigenvalue weighted by Crippen LogP contribution is -2.31. The first-order valence-electron chi connectivity index (χ1n) is 9.08. The smallest absolute Gasteiger partial charge is 0.261 e.